The number of methoxy groups -OCH3 is 2. The minimum atomic E-state index is -6.00. The van der Waals surface area contributed by atoms with Crippen LogP contribution in [0.25, 0.3) is 65.3 Å². The molecule has 0 bridgehead atoms. The predicted molar refractivity (Wildman–Crippen MR) is 490 cm³/mol. The molecule has 14 aromatic carbocycles. The Labute approximate surface area is 744 Å². The molecule has 2 aliphatic rings. The first-order chi connectivity index (χ1) is 58.6. The van der Waals surface area contributed by atoms with Crippen molar-refractivity contribution < 1.29 is 120 Å². The second kappa shape index (κ2) is 46.3. The summed E-state index contributed by atoms with van der Waals surface area (Å²) in [5.41, 5.74) is 16.0. The van der Waals surface area contributed by atoms with Gasteiger partial charge in [-0.1, -0.05) is 234 Å². The Morgan fingerprint density at radius 1 is 0.339 bits per heavy atom. The molecule has 16 rings (SSSR count). The maximum atomic E-state index is 12.5. The van der Waals surface area contributed by atoms with Crippen molar-refractivity contribution in [2.45, 2.75) is 52.6 Å². The molecular formula is C92H90B2F8N6O10P4Rh2+2. The number of carbonyl (C=O) groups excluding carboxylic acids is 4. The van der Waals surface area contributed by atoms with E-state index in [9.17, 15) is 53.7 Å². The monoisotopic (exact) mass is 1940 g/mol. The predicted octanol–water partition coefficient (Wildman–Crippen LogP) is 21.1. The van der Waals surface area contributed by atoms with Crippen LogP contribution in [0, 0.1) is 11.8 Å². The zero-order chi connectivity index (χ0) is 87.0. The van der Waals surface area contributed by atoms with Gasteiger partial charge in [0.05, 0.1) is 30.1 Å². The van der Waals surface area contributed by atoms with Crippen LogP contribution in [-0.4, -0.2) is 64.8 Å². The topological polar surface area (TPSA) is 224 Å². The van der Waals surface area contributed by atoms with Gasteiger partial charge >= 0.3 is 55.6 Å². The van der Waals surface area contributed by atoms with Crippen LogP contribution in [0.1, 0.15) is 40.5 Å². The largest absolute Gasteiger partial charge is 0.673 e. The van der Waals surface area contributed by atoms with Crippen LogP contribution in [0.15, 0.2) is 315 Å². The van der Waals surface area contributed by atoms with Crippen LogP contribution in [0.3, 0.4) is 0 Å². The standard InChI is InChI=1S/2C27H26NO4P.2C19H17N2OP.2BF4.2Rh/c2*1-17(2)16-22(27(29)30-3)28-33-31-23-14-12-18-8-4-6-10-20(18)25(23)26-21-11-7-5-9-19(21)13-15-24(26)32-33;2*20-19(22)21-15-8-7-13-18(14-15)23(16-9-3-1-4-10-16)17-11-5-2-6-12-17;2*2-1(3,4)5;;/h2*4-15,17,22,28H,16H2,1-3H3;2*1-14H,(H3,20,21,22);;;;/q;;;;2*-1;;/p+4/t2*22-;;;;;;/m10....../s1. The molecule has 2 atom stereocenters. The molecule has 32 heteroatoms. The van der Waals surface area contributed by atoms with Crippen LogP contribution in [0.4, 0.5) is 55.5 Å². The number of anilines is 2. The number of primary amides is 2. The summed E-state index contributed by atoms with van der Waals surface area (Å²) in [6.07, 6.45) is 1.26. The number of hydrogen-bond donors (Lipinski definition) is 6. The Hall–Kier alpha value is -10.7. The average Bonchev–Trinajstić information content (AvgIpc) is 1.42. The van der Waals surface area contributed by atoms with Gasteiger partial charge in [0.15, 0.2) is 23.0 Å². The van der Waals surface area contributed by atoms with E-state index < -0.39 is 71.6 Å². The maximum absolute atomic E-state index is 12.5. The van der Waals surface area contributed by atoms with E-state index in [1.54, 1.807) is 0 Å². The van der Waals surface area contributed by atoms with E-state index in [2.05, 4.69) is 230 Å². The van der Waals surface area contributed by atoms with Crippen molar-refractivity contribution in [3.63, 3.8) is 0 Å². The number of rotatable bonds is 18. The van der Waals surface area contributed by atoms with Gasteiger partial charge in [0.25, 0.3) is 0 Å². The number of ether oxygens (including phenoxy) is 2. The number of hydrogen-bond acceptors (Lipinski definition) is 12. The van der Waals surface area contributed by atoms with Gasteiger partial charge in [0.1, 0.15) is 43.9 Å². The Balaban J connectivity index is 0.000000182. The van der Waals surface area contributed by atoms with E-state index in [0.29, 0.717) is 24.7 Å². The number of fused-ring (bicyclic) bond motifs is 14. The normalized spacial score (nSPS) is 12.4. The summed E-state index contributed by atoms with van der Waals surface area (Å²) >= 11 is 0. The van der Waals surface area contributed by atoms with Gasteiger partial charge in [-0.15, -0.1) is 10.2 Å². The molecule has 0 aromatic heterocycles. The second-order valence-electron chi connectivity index (χ2n) is 28.7. The summed E-state index contributed by atoms with van der Waals surface area (Å²) in [7, 11) is -15.6. The van der Waals surface area contributed by atoms with Gasteiger partial charge < -0.3 is 66.1 Å². The molecule has 124 heavy (non-hydrogen) atoms. The Bertz CT molecular complexity index is 5290. The molecule has 0 fully saturated rings. The minimum Gasteiger partial charge on any atom is -0.468 e. The van der Waals surface area contributed by atoms with Crippen molar-refractivity contribution in [1.82, 2.24) is 10.2 Å². The quantitative estimate of drug-likeness (QED) is 0.0204. The minimum absolute atomic E-state index is 0. The molecule has 4 amide bonds. The summed E-state index contributed by atoms with van der Waals surface area (Å²) in [5, 5.41) is 28.6. The maximum Gasteiger partial charge on any atom is 0.673 e. The molecule has 0 aliphatic carbocycles. The second-order valence-corrected chi connectivity index (χ2v) is 36.2. The van der Waals surface area contributed by atoms with Crippen LogP contribution in [0.2, 0.25) is 0 Å². The van der Waals surface area contributed by atoms with Crippen molar-refractivity contribution in [3.05, 3.63) is 315 Å². The molecule has 0 unspecified atom stereocenters. The third-order valence-electron chi connectivity index (χ3n) is 18.9. The number of benzene rings is 14. The molecule has 8 N–H and O–H groups in total. The molecule has 0 saturated carbocycles. The summed E-state index contributed by atoms with van der Waals surface area (Å²) < 4.78 is 114. The van der Waals surface area contributed by atoms with E-state index in [0.717, 1.165) is 99.7 Å². The van der Waals surface area contributed by atoms with Crippen molar-refractivity contribution in [3.8, 4) is 45.3 Å². The van der Waals surface area contributed by atoms with Crippen molar-refractivity contribution in [2.24, 2.45) is 23.3 Å². The van der Waals surface area contributed by atoms with E-state index in [1.165, 1.54) is 46.0 Å². The molecule has 16 nitrogen and oxygen atoms in total. The molecule has 0 spiro atoms. The van der Waals surface area contributed by atoms with Gasteiger partial charge in [0, 0.05) is 84.7 Å². The number of amides is 4. The summed E-state index contributed by atoms with van der Waals surface area (Å²) in [5.74, 6) is 2.99. The Kier molecular flexibility index (Phi) is 36.2. The van der Waals surface area contributed by atoms with E-state index in [4.69, 9.17) is 39.0 Å². The first kappa shape index (κ1) is 97.1. The smallest absolute Gasteiger partial charge is 0.468 e. The Morgan fingerprint density at radius 3 is 0.790 bits per heavy atom. The molecular weight excluding hydrogens is 1850 g/mol. The summed E-state index contributed by atoms with van der Waals surface area (Å²) in [4.78, 5) is 47.2. The molecule has 646 valence electrons. The zero-order valence-corrected chi connectivity index (χ0v) is 75.1. The zero-order valence-electron chi connectivity index (χ0n) is 67.8. The molecule has 14 aromatic rings. The summed E-state index contributed by atoms with van der Waals surface area (Å²) in [6, 6.07) is 105. The van der Waals surface area contributed by atoms with Crippen LogP contribution < -0.4 is 82.2 Å². The number of urea groups is 2. The van der Waals surface area contributed by atoms with Crippen molar-refractivity contribution in [1.29, 1.82) is 0 Å². The number of halogens is 8. The van der Waals surface area contributed by atoms with Crippen molar-refractivity contribution in [2.75, 3.05) is 24.9 Å². The van der Waals surface area contributed by atoms with E-state index in [-0.39, 0.29) is 50.9 Å². The third-order valence-corrected chi connectivity index (χ3v) is 27.1. The fourth-order valence-corrected chi connectivity index (χ4v) is 22.2. The van der Waals surface area contributed by atoms with Gasteiger partial charge in [-0.2, -0.15) is 0 Å². The van der Waals surface area contributed by atoms with Gasteiger partial charge in [-0.05, 0) is 165 Å². The molecule has 2 radical (unpaired) electrons. The van der Waals surface area contributed by atoms with Gasteiger partial charge in [0.2, 0.25) is 0 Å². The number of nitrogens with two attached hydrogens (primary N) is 2. The van der Waals surface area contributed by atoms with E-state index >= 15 is 0 Å². The molecule has 2 aliphatic heterocycles. The molecule has 0 saturated heterocycles. The first-order valence-corrected chi connectivity index (χ1v) is 44.5. The number of carbonyl (C=O) groups is 4. The average molecular weight is 1940 g/mol. The van der Waals surface area contributed by atoms with Crippen LogP contribution in [-0.2, 0) is 58.0 Å². The SMILES string of the molecule is COC(=O)[C@@H](CC(C)C)N[PH+]1Oc2ccc3ccccc3c2-c2c(ccc3ccccc23)O1.COC(=O)[C@H](CC(C)C)N[PH+]1Oc2ccc3ccccc3c2-c2c(ccc3ccccc23)O1.F[B-](F)(F)F.F[B-](F)(F)F.NC(=O)Nc1cccc([PH+](c2ccccc2)c2ccccc2)c1.NC(=O)Nc1cccc([PH+](c2ccccc2)c2ccccc2)c1.[Rh].[Rh]. The summed E-state index contributed by atoms with van der Waals surface area (Å²) in [6.45, 7) is 8.30. The van der Waals surface area contributed by atoms with Crippen molar-refractivity contribution >= 4 is 158 Å². The number of esters is 2. The number of nitrogens with one attached hydrogen (secondary N) is 4. The van der Waals surface area contributed by atoms with Gasteiger partial charge in [-0.3, -0.25) is 27.7 Å². The Morgan fingerprint density at radius 2 is 0.565 bits per heavy atom. The van der Waals surface area contributed by atoms with Crippen LogP contribution in [0.5, 0.6) is 23.0 Å². The third kappa shape index (κ3) is 27.6. The van der Waals surface area contributed by atoms with E-state index in [1.807, 2.05) is 133 Å². The fourth-order valence-electron chi connectivity index (χ4n) is 14.1. The van der Waals surface area contributed by atoms with Gasteiger partial charge in [-0.25, -0.2) is 9.59 Å². The van der Waals surface area contributed by atoms with Crippen LogP contribution >= 0.6 is 32.9 Å². The first-order valence-electron chi connectivity index (χ1n) is 38.8. The fraction of sp³-hybridized carbons (Fsp3) is 0.130. The molecule has 2 heterocycles.